The molecule has 3 aromatic rings. The number of rotatable bonds is 6. The van der Waals surface area contributed by atoms with E-state index in [2.05, 4.69) is 9.71 Å². The van der Waals surface area contributed by atoms with Gasteiger partial charge in [-0.15, -0.1) is 0 Å². The lowest BCUT2D eigenvalue weighted by molar-refractivity contribution is 0.100. The molecule has 1 aliphatic carbocycles. The molecule has 1 saturated carbocycles. The number of carbonyl (C=O) groups is 1. The number of nitrogen functional groups attached to an aromatic ring is 1. The fourth-order valence-corrected chi connectivity index (χ4v) is 4.74. The molecule has 1 fully saturated rings. The molecule has 1 aliphatic rings. The first-order chi connectivity index (χ1) is 14.2. The minimum atomic E-state index is -3.60. The van der Waals surface area contributed by atoms with Crippen molar-refractivity contribution in [3.63, 3.8) is 0 Å². The van der Waals surface area contributed by atoms with Crippen molar-refractivity contribution in [3.8, 4) is 22.3 Å². The van der Waals surface area contributed by atoms with Gasteiger partial charge in [-0.05, 0) is 48.7 Å². The van der Waals surface area contributed by atoms with Crippen LogP contribution in [0.1, 0.15) is 23.2 Å². The van der Waals surface area contributed by atoms with Crippen LogP contribution < -0.4 is 16.2 Å². The number of nitrogens with two attached hydrogens (primary N) is 2. The van der Waals surface area contributed by atoms with Gasteiger partial charge in [-0.25, -0.2) is 18.1 Å². The van der Waals surface area contributed by atoms with Crippen molar-refractivity contribution in [2.45, 2.75) is 23.8 Å². The molecule has 1 amide bonds. The van der Waals surface area contributed by atoms with Gasteiger partial charge in [0, 0.05) is 39.5 Å². The lowest BCUT2D eigenvalue weighted by Gasteiger charge is -2.12. The molecule has 0 aliphatic heterocycles. The highest BCUT2D eigenvalue weighted by molar-refractivity contribution is 7.89. The number of hydrogen-bond acceptors (Lipinski definition) is 5. The number of nitrogens with one attached hydrogen (secondary N) is 1. The van der Waals surface area contributed by atoms with E-state index < -0.39 is 15.9 Å². The molecule has 5 N–H and O–H groups in total. The summed E-state index contributed by atoms with van der Waals surface area (Å²) in [5.41, 5.74) is 14.5. The Morgan fingerprint density at radius 3 is 2.33 bits per heavy atom. The number of amides is 1. The molecule has 154 valence electrons. The Morgan fingerprint density at radius 2 is 1.73 bits per heavy atom. The van der Waals surface area contributed by atoms with Crippen LogP contribution in [0.5, 0.6) is 0 Å². The summed E-state index contributed by atoms with van der Waals surface area (Å²) in [6.07, 6.45) is 3.28. The molecule has 0 unspecified atom stereocenters. The van der Waals surface area contributed by atoms with Crippen LogP contribution in [0.4, 0.5) is 5.82 Å². The Balaban J connectivity index is 1.69. The zero-order valence-electron chi connectivity index (χ0n) is 15.8. The number of aromatic nitrogens is 1. The highest BCUT2D eigenvalue weighted by atomic mass is 35.5. The predicted molar refractivity (Wildman–Crippen MR) is 116 cm³/mol. The summed E-state index contributed by atoms with van der Waals surface area (Å²) in [6, 6.07) is 13.1. The Kier molecular flexibility index (Phi) is 5.23. The van der Waals surface area contributed by atoms with E-state index in [4.69, 9.17) is 23.1 Å². The molecule has 2 aromatic carbocycles. The van der Waals surface area contributed by atoms with Crippen LogP contribution in [0, 0.1) is 0 Å². The number of halogens is 1. The number of anilines is 1. The van der Waals surface area contributed by atoms with Gasteiger partial charge in [0.25, 0.3) is 0 Å². The summed E-state index contributed by atoms with van der Waals surface area (Å²) < 4.78 is 27.5. The fraction of sp³-hybridized carbons (Fsp3) is 0.143. The molecular weight excluding hydrogens is 424 g/mol. The van der Waals surface area contributed by atoms with Gasteiger partial charge in [0.1, 0.15) is 5.82 Å². The summed E-state index contributed by atoms with van der Waals surface area (Å²) in [6.45, 7) is 0. The molecule has 4 rings (SSSR count). The van der Waals surface area contributed by atoms with Gasteiger partial charge in [-0.2, -0.15) is 0 Å². The van der Waals surface area contributed by atoms with E-state index in [1.54, 1.807) is 36.5 Å². The smallest absolute Gasteiger partial charge is 0.248 e. The average molecular weight is 443 g/mol. The SMILES string of the molecule is NC(=O)c1ccc(-c2cc(-c3ccc(S(=O)(=O)NC4CC4)cc3Cl)cnc2N)cc1. The maximum atomic E-state index is 12.4. The third-order valence-corrected chi connectivity index (χ3v) is 6.69. The molecule has 0 atom stereocenters. The average Bonchev–Trinajstić information content (AvgIpc) is 3.52. The molecule has 30 heavy (non-hydrogen) atoms. The fourth-order valence-electron chi connectivity index (χ4n) is 3.05. The Hall–Kier alpha value is -2.94. The summed E-state index contributed by atoms with van der Waals surface area (Å²) in [7, 11) is -3.60. The summed E-state index contributed by atoms with van der Waals surface area (Å²) in [4.78, 5) is 15.6. The van der Waals surface area contributed by atoms with Gasteiger partial charge in [0.2, 0.25) is 15.9 Å². The van der Waals surface area contributed by atoms with E-state index in [-0.39, 0.29) is 16.0 Å². The van der Waals surface area contributed by atoms with E-state index >= 15 is 0 Å². The molecular formula is C21H19ClN4O3S. The van der Waals surface area contributed by atoms with Crippen LogP contribution in [0.15, 0.2) is 59.6 Å². The summed E-state index contributed by atoms with van der Waals surface area (Å²) >= 11 is 6.41. The first-order valence-corrected chi connectivity index (χ1v) is 11.1. The lowest BCUT2D eigenvalue weighted by atomic mass is 10.00. The quantitative estimate of drug-likeness (QED) is 0.540. The number of pyridine rings is 1. The normalized spacial score (nSPS) is 13.9. The van der Waals surface area contributed by atoms with Crippen molar-refractivity contribution >= 4 is 33.3 Å². The second kappa shape index (κ2) is 7.71. The molecule has 0 bridgehead atoms. The van der Waals surface area contributed by atoms with E-state index in [1.165, 1.54) is 12.1 Å². The van der Waals surface area contributed by atoms with Gasteiger partial charge in [-0.1, -0.05) is 29.8 Å². The third kappa shape index (κ3) is 4.16. The maximum absolute atomic E-state index is 12.4. The van der Waals surface area contributed by atoms with Crippen molar-refractivity contribution in [1.82, 2.24) is 9.71 Å². The third-order valence-electron chi connectivity index (χ3n) is 4.86. The lowest BCUT2D eigenvalue weighted by Crippen LogP contribution is -2.25. The van der Waals surface area contributed by atoms with Gasteiger partial charge in [0.05, 0.1) is 4.90 Å². The Bertz CT molecular complexity index is 1240. The summed E-state index contributed by atoms with van der Waals surface area (Å²) in [5.74, 6) is -0.200. The largest absolute Gasteiger partial charge is 0.383 e. The van der Waals surface area contributed by atoms with Crippen molar-refractivity contribution in [2.24, 2.45) is 5.73 Å². The number of carbonyl (C=O) groups excluding carboxylic acids is 1. The highest BCUT2D eigenvalue weighted by Crippen LogP contribution is 2.34. The monoisotopic (exact) mass is 442 g/mol. The number of nitrogens with zero attached hydrogens (tertiary/aromatic N) is 1. The molecule has 1 aromatic heterocycles. The van der Waals surface area contributed by atoms with E-state index in [0.717, 1.165) is 18.4 Å². The van der Waals surface area contributed by atoms with E-state index in [1.807, 2.05) is 6.07 Å². The maximum Gasteiger partial charge on any atom is 0.248 e. The summed E-state index contributed by atoms with van der Waals surface area (Å²) in [5, 5.41) is 0.287. The molecule has 0 radical (unpaired) electrons. The number of benzene rings is 2. The molecule has 0 saturated heterocycles. The van der Waals surface area contributed by atoms with Gasteiger partial charge in [-0.3, -0.25) is 4.79 Å². The Labute approximate surface area is 179 Å². The predicted octanol–water partition coefficient (Wildman–Crippen LogP) is 3.19. The van der Waals surface area contributed by atoms with Crippen LogP contribution >= 0.6 is 11.6 Å². The van der Waals surface area contributed by atoms with Crippen molar-refractivity contribution in [1.29, 1.82) is 0 Å². The van der Waals surface area contributed by atoms with Crippen molar-refractivity contribution in [3.05, 3.63) is 65.3 Å². The molecule has 0 spiro atoms. The highest BCUT2D eigenvalue weighted by Gasteiger charge is 2.28. The van der Waals surface area contributed by atoms with Crippen LogP contribution in [0.3, 0.4) is 0 Å². The molecule has 9 heteroatoms. The van der Waals surface area contributed by atoms with Crippen LogP contribution in [0.2, 0.25) is 5.02 Å². The standard InChI is InChI=1S/C21H19ClN4O3S/c22-19-10-16(30(28,29)26-15-5-6-15)7-8-17(19)14-9-18(20(23)25-11-14)12-1-3-13(4-2-12)21(24)27/h1-4,7-11,15,26H,5-6H2,(H2,23,25)(H2,24,27). The van der Waals surface area contributed by atoms with Gasteiger partial charge in [0.15, 0.2) is 0 Å². The zero-order valence-corrected chi connectivity index (χ0v) is 17.4. The van der Waals surface area contributed by atoms with Crippen molar-refractivity contribution in [2.75, 3.05) is 5.73 Å². The van der Waals surface area contributed by atoms with Crippen LogP contribution in [-0.2, 0) is 10.0 Å². The van der Waals surface area contributed by atoms with Crippen molar-refractivity contribution < 1.29 is 13.2 Å². The molecule has 7 nitrogen and oxygen atoms in total. The minimum Gasteiger partial charge on any atom is -0.383 e. The van der Waals surface area contributed by atoms with Gasteiger partial charge >= 0.3 is 0 Å². The van der Waals surface area contributed by atoms with Gasteiger partial charge < -0.3 is 11.5 Å². The topological polar surface area (TPSA) is 128 Å². The second-order valence-electron chi connectivity index (χ2n) is 7.14. The van der Waals surface area contributed by atoms with Crippen LogP contribution in [0.25, 0.3) is 22.3 Å². The van der Waals surface area contributed by atoms with Crippen LogP contribution in [-0.4, -0.2) is 25.4 Å². The second-order valence-corrected chi connectivity index (χ2v) is 9.26. The number of hydrogen-bond donors (Lipinski definition) is 3. The van der Waals surface area contributed by atoms with E-state index in [0.29, 0.717) is 28.1 Å². The minimum absolute atomic E-state index is 0.0123. The Morgan fingerprint density at radius 1 is 1.03 bits per heavy atom. The molecule has 1 heterocycles. The van der Waals surface area contributed by atoms with E-state index in [9.17, 15) is 13.2 Å². The first-order valence-electron chi connectivity index (χ1n) is 9.22. The zero-order chi connectivity index (χ0) is 21.5. The number of sulfonamides is 1. The number of primary amides is 1. The first kappa shape index (κ1) is 20.3.